The summed E-state index contributed by atoms with van der Waals surface area (Å²) in [5, 5.41) is 10.8. The molecule has 0 atom stereocenters. The lowest BCUT2D eigenvalue weighted by atomic mass is 10.2. The third kappa shape index (κ3) is 3.59. The van der Waals surface area contributed by atoms with Gasteiger partial charge in [-0.05, 0) is 32.9 Å². The predicted octanol–water partition coefficient (Wildman–Crippen LogP) is 3.92. The first kappa shape index (κ1) is 15.5. The smallest absolute Gasteiger partial charge is 0.350 e. The molecule has 0 aromatic carbocycles. The Kier molecular flexibility index (Phi) is 4.02. The summed E-state index contributed by atoms with van der Waals surface area (Å²) in [4.78, 5) is 24.0. The highest BCUT2D eigenvalue weighted by molar-refractivity contribution is 7.24. The molecule has 0 bridgehead atoms. The third-order valence-electron chi connectivity index (χ3n) is 2.36. The molecule has 112 valence electrons. The van der Waals surface area contributed by atoms with Crippen molar-refractivity contribution in [3.05, 3.63) is 33.2 Å². The fraction of sp³-hybridized carbons (Fsp3) is 0.308. The lowest BCUT2D eigenvalue weighted by molar-refractivity contribution is -0.380. The Morgan fingerprint density at radius 3 is 2.48 bits per heavy atom. The van der Waals surface area contributed by atoms with Crippen LogP contribution >= 0.6 is 22.7 Å². The summed E-state index contributed by atoms with van der Waals surface area (Å²) in [6.45, 7) is 5.33. The van der Waals surface area contributed by atoms with Crippen LogP contribution in [0.2, 0.25) is 0 Å². The molecule has 2 N–H and O–H groups in total. The number of anilines is 1. The SMILES string of the molecule is CC(C)(C)OC(=O)c1sc(-c2ccc([N+](=O)[O-])s2)cc1N. The van der Waals surface area contributed by atoms with E-state index in [0.29, 0.717) is 20.3 Å². The molecule has 6 nitrogen and oxygen atoms in total. The Morgan fingerprint density at radius 1 is 1.29 bits per heavy atom. The topological polar surface area (TPSA) is 95.5 Å². The second-order valence-electron chi connectivity index (χ2n) is 5.29. The minimum Gasteiger partial charge on any atom is -0.456 e. The number of nitrogens with zero attached hydrogens (tertiary/aromatic N) is 1. The van der Waals surface area contributed by atoms with Crippen molar-refractivity contribution in [3.8, 4) is 9.75 Å². The van der Waals surface area contributed by atoms with E-state index in [0.717, 1.165) is 11.3 Å². The minimum absolute atomic E-state index is 0.0517. The monoisotopic (exact) mass is 326 g/mol. The second kappa shape index (κ2) is 5.45. The second-order valence-corrected chi connectivity index (χ2v) is 7.41. The number of carbonyl (C=O) groups excluding carboxylic acids is 1. The summed E-state index contributed by atoms with van der Waals surface area (Å²) >= 11 is 2.22. The van der Waals surface area contributed by atoms with E-state index in [9.17, 15) is 14.9 Å². The molecule has 2 rings (SSSR count). The van der Waals surface area contributed by atoms with Gasteiger partial charge in [-0.25, -0.2) is 4.79 Å². The highest BCUT2D eigenvalue weighted by atomic mass is 32.1. The van der Waals surface area contributed by atoms with Crippen LogP contribution in [0.5, 0.6) is 0 Å². The molecule has 0 radical (unpaired) electrons. The third-order valence-corrected chi connectivity index (χ3v) is 4.72. The summed E-state index contributed by atoms with van der Waals surface area (Å²) < 4.78 is 5.28. The molecule has 0 fully saturated rings. The minimum atomic E-state index is -0.602. The van der Waals surface area contributed by atoms with E-state index in [1.54, 1.807) is 32.9 Å². The lowest BCUT2D eigenvalue weighted by Gasteiger charge is -2.18. The van der Waals surface area contributed by atoms with Gasteiger partial charge in [-0.3, -0.25) is 10.1 Å². The summed E-state index contributed by atoms with van der Waals surface area (Å²) in [6.07, 6.45) is 0. The van der Waals surface area contributed by atoms with Crippen molar-refractivity contribution in [2.24, 2.45) is 0 Å². The largest absolute Gasteiger partial charge is 0.456 e. The maximum atomic E-state index is 12.0. The molecule has 2 aromatic heterocycles. The quantitative estimate of drug-likeness (QED) is 0.524. The van der Waals surface area contributed by atoms with Crippen LogP contribution in [0.15, 0.2) is 18.2 Å². The van der Waals surface area contributed by atoms with E-state index in [2.05, 4.69) is 0 Å². The van der Waals surface area contributed by atoms with Crippen molar-refractivity contribution < 1.29 is 14.5 Å². The number of carbonyl (C=O) groups is 1. The van der Waals surface area contributed by atoms with E-state index < -0.39 is 16.5 Å². The maximum absolute atomic E-state index is 12.0. The first-order valence-electron chi connectivity index (χ1n) is 6.04. The van der Waals surface area contributed by atoms with Gasteiger partial charge in [-0.15, -0.1) is 11.3 Å². The average Bonchev–Trinajstić information content (AvgIpc) is 2.92. The van der Waals surface area contributed by atoms with Crippen molar-refractivity contribution in [2.45, 2.75) is 26.4 Å². The molecule has 0 aliphatic carbocycles. The zero-order chi connectivity index (χ0) is 15.8. The van der Waals surface area contributed by atoms with E-state index in [-0.39, 0.29) is 5.00 Å². The van der Waals surface area contributed by atoms with Gasteiger partial charge >= 0.3 is 11.0 Å². The van der Waals surface area contributed by atoms with Crippen molar-refractivity contribution in [1.29, 1.82) is 0 Å². The van der Waals surface area contributed by atoms with Crippen LogP contribution in [-0.4, -0.2) is 16.5 Å². The number of nitro groups is 1. The highest BCUT2D eigenvalue weighted by Gasteiger charge is 2.23. The first-order chi connectivity index (χ1) is 9.67. The molecule has 21 heavy (non-hydrogen) atoms. The number of esters is 1. The van der Waals surface area contributed by atoms with Gasteiger partial charge in [0.05, 0.1) is 15.5 Å². The summed E-state index contributed by atoms with van der Waals surface area (Å²) in [6, 6.07) is 4.72. The van der Waals surface area contributed by atoms with Crippen LogP contribution in [0.3, 0.4) is 0 Å². The summed E-state index contributed by atoms with van der Waals surface area (Å²) in [5.74, 6) is -0.484. The molecule has 2 heterocycles. The van der Waals surface area contributed by atoms with Crippen molar-refractivity contribution in [2.75, 3.05) is 5.73 Å². The van der Waals surface area contributed by atoms with Crippen LogP contribution in [0, 0.1) is 10.1 Å². The fourth-order valence-electron chi connectivity index (χ4n) is 1.57. The molecule has 2 aromatic rings. The molecule has 0 aliphatic heterocycles. The molecule has 0 amide bonds. The molecule has 0 saturated heterocycles. The fourth-order valence-corrected chi connectivity index (χ4v) is 3.43. The number of thiophene rings is 2. The van der Waals surface area contributed by atoms with Gasteiger partial charge in [0.25, 0.3) is 0 Å². The molecule has 0 spiro atoms. The Morgan fingerprint density at radius 2 is 1.95 bits per heavy atom. The van der Waals surface area contributed by atoms with E-state index in [1.807, 2.05) is 0 Å². The van der Waals surface area contributed by atoms with E-state index in [4.69, 9.17) is 10.5 Å². The molecule has 8 heteroatoms. The van der Waals surface area contributed by atoms with Gasteiger partial charge < -0.3 is 10.5 Å². The predicted molar refractivity (Wildman–Crippen MR) is 83.9 cm³/mol. The van der Waals surface area contributed by atoms with Gasteiger partial charge in [0.15, 0.2) is 0 Å². The van der Waals surface area contributed by atoms with Gasteiger partial charge in [0, 0.05) is 10.9 Å². The number of nitrogens with two attached hydrogens (primary N) is 1. The number of rotatable bonds is 3. The van der Waals surface area contributed by atoms with Crippen LogP contribution in [0.25, 0.3) is 9.75 Å². The van der Waals surface area contributed by atoms with E-state index >= 15 is 0 Å². The standard InChI is InChI=1S/C13H14N2O4S2/c1-13(2,3)19-12(16)11-7(14)6-9(21-11)8-4-5-10(20-8)15(17)18/h4-6H,14H2,1-3H3. The molecule has 0 aliphatic rings. The number of hydrogen-bond acceptors (Lipinski definition) is 7. The molecule has 0 saturated carbocycles. The number of ether oxygens (including phenoxy) is 1. The van der Waals surface area contributed by atoms with Gasteiger partial charge in [0.1, 0.15) is 10.5 Å². The zero-order valence-electron chi connectivity index (χ0n) is 11.7. The Balaban J connectivity index is 2.30. The average molecular weight is 326 g/mol. The van der Waals surface area contributed by atoms with Gasteiger partial charge in [-0.2, -0.15) is 0 Å². The Hall–Kier alpha value is -1.93. The first-order valence-corrected chi connectivity index (χ1v) is 7.68. The van der Waals surface area contributed by atoms with E-state index in [1.165, 1.54) is 17.4 Å². The van der Waals surface area contributed by atoms with Gasteiger partial charge in [0.2, 0.25) is 0 Å². The van der Waals surface area contributed by atoms with Crippen LogP contribution in [-0.2, 0) is 4.74 Å². The highest BCUT2D eigenvalue weighted by Crippen LogP contribution is 2.39. The van der Waals surface area contributed by atoms with Crippen LogP contribution < -0.4 is 5.73 Å². The molecular weight excluding hydrogens is 312 g/mol. The normalized spacial score (nSPS) is 11.4. The van der Waals surface area contributed by atoms with Crippen molar-refractivity contribution in [3.63, 3.8) is 0 Å². The van der Waals surface area contributed by atoms with Crippen molar-refractivity contribution >= 4 is 39.3 Å². The van der Waals surface area contributed by atoms with Crippen molar-refractivity contribution in [1.82, 2.24) is 0 Å². The van der Waals surface area contributed by atoms with Crippen LogP contribution in [0.1, 0.15) is 30.4 Å². The maximum Gasteiger partial charge on any atom is 0.350 e. The van der Waals surface area contributed by atoms with Gasteiger partial charge in [-0.1, -0.05) is 11.3 Å². The number of hydrogen-bond donors (Lipinski definition) is 1. The summed E-state index contributed by atoms with van der Waals surface area (Å²) in [5.41, 5.74) is 5.56. The number of nitrogen functional groups attached to an aromatic ring is 1. The molecule has 0 unspecified atom stereocenters. The van der Waals surface area contributed by atoms with Crippen LogP contribution in [0.4, 0.5) is 10.7 Å². The molecular formula is C13H14N2O4S2. The summed E-state index contributed by atoms with van der Waals surface area (Å²) in [7, 11) is 0. The Bertz CT molecular complexity index is 697. The lowest BCUT2D eigenvalue weighted by Crippen LogP contribution is -2.23. The Labute approximate surface area is 129 Å². The zero-order valence-corrected chi connectivity index (χ0v) is 13.3.